The maximum Gasteiger partial charge on any atom is 0.220 e. The predicted molar refractivity (Wildman–Crippen MR) is 91.7 cm³/mol. The van der Waals surface area contributed by atoms with Crippen molar-refractivity contribution in [3.05, 3.63) is 35.4 Å². The Kier molecular flexibility index (Phi) is 6.18. The van der Waals surface area contributed by atoms with Crippen LogP contribution in [0.2, 0.25) is 0 Å². The minimum atomic E-state index is -2.91. The quantitative estimate of drug-likeness (QED) is 0.820. The first-order valence-corrected chi connectivity index (χ1v) is 9.93. The van der Waals surface area contributed by atoms with Gasteiger partial charge in [0.25, 0.3) is 0 Å². The first kappa shape index (κ1) is 17.9. The number of hydrogen-bond acceptors (Lipinski definition) is 4. The van der Waals surface area contributed by atoms with Gasteiger partial charge in [-0.15, -0.1) is 0 Å². The van der Waals surface area contributed by atoms with E-state index in [0.717, 1.165) is 18.7 Å². The molecule has 1 aromatic rings. The molecular weight excluding hydrogens is 312 g/mol. The van der Waals surface area contributed by atoms with Crippen LogP contribution in [0.5, 0.6) is 0 Å². The summed E-state index contributed by atoms with van der Waals surface area (Å²) < 4.78 is 22.8. The smallest absolute Gasteiger partial charge is 0.220 e. The number of nitrogens with one attached hydrogen (secondary N) is 1. The van der Waals surface area contributed by atoms with Gasteiger partial charge < -0.3 is 10.2 Å². The Bertz CT molecular complexity index is 643. The van der Waals surface area contributed by atoms with E-state index in [1.54, 1.807) is 0 Å². The molecule has 0 aliphatic carbocycles. The van der Waals surface area contributed by atoms with Crippen LogP contribution in [0, 0.1) is 5.92 Å². The molecule has 0 unspecified atom stereocenters. The number of carbonyl (C=O) groups excluding carboxylic acids is 1. The Morgan fingerprint density at radius 1 is 1.35 bits per heavy atom. The number of hydrogen-bond donors (Lipinski definition) is 1. The van der Waals surface area contributed by atoms with E-state index in [1.165, 1.54) is 5.56 Å². The maximum absolute atomic E-state index is 12.0. The van der Waals surface area contributed by atoms with Crippen molar-refractivity contribution in [1.29, 1.82) is 0 Å². The number of rotatable bonds is 7. The molecule has 1 N–H and O–H groups in total. The Balaban J connectivity index is 1.81. The van der Waals surface area contributed by atoms with Crippen LogP contribution in [0.3, 0.4) is 0 Å². The third-order valence-corrected chi connectivity index (χ3v) is 6.11. The monoisotopic (exact) mass is 338 g/mol. The van der Waals surface area contributed by atoms with Crippen molar-refractivity contribution >= 4 is 15.7 Å². The second-order valence-corrected chi connectivity index (χ2v) is 8.63. The van der Waals surface area contributed by atoms with Crippen LogP contribution in [0.4, 0.5) is 0 Å². The summed E-state index contributed by atoms with van der Waals surface area (Å²) in [6, 6.07) is 8.19. The molecule has 0 radical (unpaired) electrons. The fraction of sp³-hybridized carbons (Fsp3) is 0.588. The van der Waals surface area contributed by atoms with Gasteiger partial charge in [-0.1, -0.05) is 31.2 Å². The van der Waals surface area contributed by atoms with E-state index < -0.39 is 9.84 Å². The van der Waals surface area contributed by atoms with Gasteiger partial charge in [0.2, 0.25) is 5.91 Å². The zero-order valence-electron chi connectivity index (χ0n) is 13.9. The summed E-state index contributed by atoms with van der Waals surface area (Å²) in [5.74, 6) is 0.282. The Labute approximate surface area is 139 Å². The number of sulfone groups is 1. The summed E-state index contributed by atoms with van der Waals surface area (Å²) in [5.41, 5.74) is 2.29. The second kappa shape index (κ2) is 7.93. The topological polar surface area (TPSA) is 66.5 Å². The lowest BCUT2D eigenvalue weighted by molar-refractivity contribution is -0.122. The molecule has 1 aliphatic heterocycles. The molecule has 1 saturated heterocycles. The summed E-state index contributed by atoms with van der Waals surface area (Å²) >= 11 is 0. The molecule has 23 heavy (non-hydrogen) atoms. The molecule has 1 amide bonds. The molecule has 1 fully saturated rings. The first-order chi connectivity index (χ1) is 10.9. The number of carbonyl (C=O) groups is 1. The van der Waals surface area contributed by atoms with Crippen molar-refractivity contribution in [2.45, 2.75) is 32.9 Å². The number of nitrogens with zero attached hydrogens (tertiary/aromatic N) is 1. The van der Waals surface area contributed by atoms with Crippen LogP contribution in [-0.4, -0.2) is 44.3 Å². The number of amides is 1. The maximum atomic E-state index is 12.0. The third kappa shape index (κ3) is 5.95. The van der Waals surface area contributed by atoms with Crippen LogP contribution in [0.1, 0.15) is 30.9 Å². The standard InChI is InChI=1S/C17H26N2O3S/c1-3-19(2)12-15-6-4-5-14(9-15)11-18-17(20)10-16-7-8-23(21,22)13-16/h4-6,9,16H,3,7-8,10-13H2,1-2H3,(H,18,20)/t16-/m0/s1. The van der Waals surface area contributed by atoms with E-state index in [0.29, 0.717) is 19.4 Å². The van der Waals surface area contributed by atoms with Crippen LogP contribution in [0.15, 0.2) is 24.3 Å². The molecule has 0 saturated carbocycles. The molecule has 0 spiro atoms. The molecule has 2 rings (SSSR count). The Hall–Kier alpha value is -1.40. The van der Waals surface area contributed by atoms with E-state index in [9.17, 15) is 13.2 Å². The molecule has 1 atom stereocenters. The molecule has 1 aliphatic rings. The fourth-order valence-corrected chi connectivity index (χ4v) is 4.69. The summed E-state index contributed by atoms with van der Waals surface area (Å²) in [4.78, 5) is 14.2. The highest BCUT2D eigenvalue weighted by molar-refractivity contribution is 7.91. The normalized spacial score (nSPS) is 19.9. The highest BCUT2D eigenvalue weighted by atomic mass is 32.2. The van der Waals surface area contributed by atoms with Crippen LogP contribution < -0.4 is 5.32 Å². The zero-order valence-corrected chi connectivity index (χ0v) is 14.7. The molecule has 6 heteroatoms. The Morgan fingerprint density at radius 3 is 2.74 bits per heavy atom. The minimum Gasteiger partial charge on any atom is -0.352 e. The fourth-order valence-electron chi connectivity index (χ4n) is 2.83. The van der Waals surface area contributed by atoms with Gasteiger partial charge >= 0.3 is 0 Å². The van der Waals surface area contributed by atoms with Crippen molar-refractivity contribution in [2.75, 3.05) is 25.1 Å². The molecular formula is C17H26N2O3S. The van der Waals surface area contributed by atoms with Gasteiger partial charge in [0, 0.05) is 19.5 Å². The van der Waals surface area contributed by atoms with Gasteiger partial charge in [0.05, 0.1) is 11.5 Å². The van der Waals surface area contributed by atoms with Crippen molar-refractivity contribution in [3.8, 4) is 0 Å². The van der Waals surface area contributed by atoms with Crippen molar-refractivity contribution in [2.24, 2.45) is 5.92 Å². The SMILES string of the molecule is CCN(C)Cc1cccc(CNC(=O)C[C@@H]2CCS(=O)(=O)C2)c1. The minimum absolute atomic E-state index is 0.0236. The van der Waals surface area contributed by atoms with Crippen LogP contribution >= 0.6 is 0 Å². The van der Waals surface area contributed by atoms with Gasteiger partial charge in [-0.2, -0.15) is 0 Å². The summed E-state index contributed by atoms with van der Waals surface area (Å²) in [5, 5.41) is 2.90. The second-order valence-electron chi connectivity index (χ2n) is 6.40. The van der Waals surface area contributed by atoms with Gasteiger partial charge in [-0.25, -0.2) is 8.42 Å². The average Bonchev–Trinajstić information content (AvgIpc) is 2.84. The van der Waals surface area contributed by atoms with E-state index in [4.69, 9.17) is 0 Å². The molecule has 128 valence electrons. The Morgan fingerprint density at radius 2 is 2.09 bits per heavy atom. The van der Waals surface area contributed by atoms with Gasteiger partial charge in [0.15, 0.2) is 9.84 Å². The molecule has 5 nitrogen and oxygen atoms in total. The van der Waals surface area contributed by atoms with E-state index in [1.807, 2.05) is 12.1 Å². The largest absolute Gasteiger partial charge is 0.352 e. The summed E-state index contributed by atoms with van der Waals surface area (Å²) in [6.07, 6.45) is 0.909. The molecule has 0 aromatic heterocycles. The van der Waals surface area contributed by atoms with Gasteiger partial charge in [0.1, 0.15) is 0 Å². The molecule has 1 heterocycles. The summed E-state index contributed by atoms with van der Waals surface area (Å²) in [7, 11) is -0.839. The van der Waals surface area contributed by atoms with Crippen molar-refractivity contribution < 1.29 is 13.2 Å². The van der Waals surface area contributed by atoms with Crippen LogP contribution in [-0.2, 0) is 27.7 Å². The average molecular weight is 338 g/mol. The van der Waals surface area contributed by atoms with E-state index in [2.05, 4.69) is 36.3 Å². The molecule has 0 bridgehead atoms. The van der Waals surface area contributed by atoms with Crippen LogP contribution in [0.25, 0.3) is 0 Å². The van der Waals surface area contributed by atoms with Crippen molar-refractivity contribution in [3.63, 3.8) is 0 Å². The lowest BCUT2D eigenvalue weighted by Gasteiger charge is -2.15. The van der Waals surface area contributed by atoms with E-state index >= 15 is 0 Å². The third-order valence-electron chi connectivity index (χ3n) is 4.27. The van der Waals surface area contributed by atoms with Gasteiger partial charge in [-0.3, -0.25) is 4.79 Å². The highest BCUT2D eigenvalue weighted by Gasteiger charge is 2.29. The van der Waals surface area contributed by atoms with Gasteiger partial charge in [-0.05, 0) is 37.1 Å². The predicted octanol–water partition coefficient (Wildman–Crippen LogP) is 1.58. The highest BCUT2D eigenvalue weighted by Crippen LogP contribution is 2.21. The zero-order chi connectivity index (χ0) is 16.9. The summed E-state index contributed by atoms with van der Waals surface area (Å²) in [6.45, 7) is 4.48. The van der Waals surface area contributed by atoms with E-state index in [-0.39, 0.29) is 23.3 Å². The van der Waals surface area contributed by atoms with Crippen molar-refractivity contribution in [1.82, 2.24) is 10.2 Å². The molecule has 1 aromatic carbocycles. The number of benzene rings is 1. The lowest BCUT2D eigenvalue weighted by Crippen LogP contribution is -2.25. The lowest BCUT2D eigenvalue weighted by atomic mass is 10.0. The first-order valence-electron chi connectivity index (χ1n) is 8.11.